The first-order valence-corrected chi connectivity index (χ1v) is 9.30. The molecule has 1 N–H and O–H groups in total. The van der Waals surface area contributed by atoms with Crippen LogP contribution in [0.2, 0.25) is 0 Å². The third-order valence-corrected chi connectivity index (χ3v) is 5.28. The lowest BCUT2D eigenvalue weighted by Gasteiger charge is -2.22. The first-order chi connectivity index (χ1) is 11.9. The van der Waals surface area contributed by atoms with Crippen molar-refractivity contribution in [1.82, 2.24) is 0 Å². The molecule has 2 rings (SSSR count). The van der Waals surface area contributed by atoms with Gasteiger partial charge in [-0.2, -0.15) is 0 Å². The SMILES string of the molecule is CC(C)(CCCc1cccc(CCCCC2(C(=O)O)CC2)c1)OC=O. The highest BCUT2D eigenvalue weighted by molar-refractivity contribution is 5.77. The van der Waals surface area contributed by atoms with Gasteiger partial charge in [0.1, 0.15) is 5.60 Å². The molecule has 1 aromatic carbocycles. The first kappa shape index (κ1) is 19.5. The summed E-state index contributed by atoms with van der Waals surface area (Å²) in [7, 11) is 0. The molecule has 0 aliphatic heterocycles. The number of carboxylic acids is 1. The number of rotatable bonds is 12. The van der Waals surface area contributed by atoms with Gasteiger partial charge in [0.05, 0.1) is 5.41 Å². The average Bonchev–Trinajstić information content (AvgIpc) is 3.33. The summed E-state index contributed by atoms with van der Waals surface area (Å²) in [5.41, 5.74) is 1.84. The van der Waals surface area contributed by atoms with Gasteiger partial charge in [-0.15, -0.1) is 0 Å². The molecule has 0 bridgehead atoms. The van der Waals surface area contributed by atoms with Crippen molar-refractivity contribution in [3.63, 3.8) is 0 Å². The van der Waals surface area contributed by atoms with E-state index in [0.717, 1.165) is 57.8 Å². The molecule has 0 amide bonds. The zero-order chi connectivity index (χ0) is 18.3. The molecule has 0 aromatic heterocycles. The van der Waals surface area contributed by atoms with Crippen LogP contribution in [0.1, 0.15) is 69.9 Å². The second-order valence-electron chi connectivity index (χ2n) is 7.94. The molecular weight excluding hydrogens is 316 g/mol. The fraction of sp³-hybridized carbons (Fsp3) is 0.619. The Morgan fingerprint density at radius 1 is 1.20 bits per heavy atom. The normalized spacial score (nSPS) is 15.6. The smallest absolute Gasteiger partial charge is 0.309 e. The Bertz CT molecular complexity index is 587. The highest BCUT2D eigenvalue weighted by Crippen LogP contribution is 2.50. The van der Waals surface area contributed by atoms with Crippen molar-refractivity contribution in [3.05, 3.63) is 35.4 Å². The molecule has 25 heavy (non-hydrogen) atoms. The lowest BCUT2D eigenvalue weighted by atomic mass is 9.95. The molecule has 1 aliphatic rings. The maximum absolute atomic E-state index is 11.2. The minimum absolute atomic E-state index is 0.391. The minimum Gasteiger partial charge on any atom is -0.481 e. The van der Waals surface area contributed by atoms with E-state index >= 15 is 0 Å². The summed E-state index contributed by atoms with van der Waals surface area (Å²) in [4.78, 5) is 21.6. The van der Waals surface area contributed by atoms with E-state index < -0.39 is 17.0 Å². The van der Waals surface area contributed by atoms with Crippen molar-refractivity contribution < 1.29 is 19.4 Å². The largest absolute Gasteiger partial charge is 0.481 e. The summed E-state index contributed by atoms with van der Waals surface area (Å²) < 4.78 is 5.08. The molecule has 0 atom stereocenters. The summed E-state index contributed by atoms with van der Waals surface area (Å²) >= 11 is 0. The zero-order valence-electron chi connectivity index (χ0n) is 15.4. The van der Waals surface area contributed by atoms with Crippen LogP contribution >= 0.6 is 0 Å². The monoisotopic (exact) mass is 346 g/mol. The van der Waals surface area contributed by atoms with Gasteiger partial charge in [0.15, 0.2) is 0 Å². The summed E-state index contributed by atoms with van der Waals surface area (Å²) in [6, 6.07) is 8.63. The molecule has 1 saturated carbocycles. The second kappa shape index (κ2) is 8.50. The highest BCUT2D eigenvalue weighted by Gasteiger charge is 2.49. The van der Waals surface area contributed by atoms with Crippen molar-refractivity contribution in [1.29, 1.82) is 0 Å². The molecule has 1 aromatic rings. The first-order valence-electron chi connectivity index (χ1n) is 9.30. The summed E-state index contributed by atoms with van der Waals surface area (Å²) in [6.45, 7) is 4.39. The van der Waals surface area contributed by atoms with Gasteiger partial charge in [0.25, 0.3) is 6.47 Å². The average molecular weight is 346 g/mol. The van der Waals surface area contributed by atoms with Gasteiger partial charge in [0.2, 0.25) is 0 Å². The summed E-state index contributed by atoms with van der Waals surface area (Å²) in [5, 5.41) is 9.20. The molecule has 4 nitrogen and oxygen atoms in total. The Balaban J connectivity index is 1.71. The van der Waals surface area contributed by atoms with E-state index in [1.165, 1.54) is 11.1 Å². The molecule has 1 fully saturated rings. The summed E-state index contributed by atoms with van der Waals surface area (Å²) in [6.07, 6.45) is 8.33. The predicted octanol–water partition coefficient (Wildman–Crippen LogP) is 4.54. The zero-order valence-corrected chi connectivity index (χ0v) is 15.4. The van der Waals surface area contributed by atoms with E-state index in [0.29, 0.717) is 6.47 Å². The number of unbranched alkanes of at least 4 members (excludes halogenated alkanes) is 1. The minimum atomic E-state index is -0.615. The van der Waals surface area contributed by atoms with Crippen molar-refractivity contribution in [3.8, 4) is 0 Å². The number of ether oxygens (including phenoxy) is 1. The third-order valence-electron chi connectivity index (χ3n) is 5.28. The van der Waals surface area contributed by atoms with Crippen molar-refractivity contribution >= 4 is 12.4 Å². The fourth-order valence-corrected chi connectivity index (χ4v) is 3.36. The Morgan fingerprint density at radius 3 is 2.40 bits per heavy atom. The Hall–Kier alpha value is -1.84. The quantitative estimate of drug-likeness (QED) is 0.446. The molecule has 138 valence electrons. The van der Waals surface area contributed by atoms with E-state index in [1.807, 2.05) is 13.8 Å². The van der Waals surface area contributed by atoms with Gasteiger partial charge in [-0.05, 0) is 76.3 Å². The van der Waals surface area contributed by atoms with Crippen LogP contribution in [0.5, 0.6) is 0 Å². The third kappa shape index (κ3) is 6.18. The van der Waals surface area contributed by atoms with E-state index in [1.54, 1.807) is 0 Å². The Morgan fingerprint density at radius 2 is 1.84 bits per heavy atom. The number of carbonyl (C=O) groups excluding carboxylic acids is 1. The topological polar surface area (TPSA) is 63.6 Å². The fourth-order valence-electron chi connectivity index (χ4n) is 3.36. The van der Waals surface area contributed by atoms with Crippen molar-refractivity contribution in [2.75, 3.05) is 0 Å². The van der Waals surface area contributed by atoms with Crippen LogP contribution in [0.4, 0.5) is 0 Å². The number of hydrogen-bond donors (Lipinski definition) is 1. The Kier molecular flexibility index (Phi) is 6.63. The molecular formula is C21H30O4. The van der Waals surface area contributed by atoms with Gasteiger partial charge < -0.3 is 9.84 Å². The van der Waals surface area contributed by atoms with Crippen LogP contribution in [0.3, 0.4) is 0 Å². The van der Waals surface area contributed by atoms with Crippen LogP contribution < -0.4 is 0 Å². The number of aryl methyl sites for hydroxylation is 2. The van der Waals surface area contributed by atoms with Crippen LogP contribution in [-0.2, 0) is 27.2 Å². The molecule has 4 heteroatoms. The number of aliphatic carboxylic acids is 1. The Labute approximate surface area is 150 Å². The lowest BCUT2D eigenvalue weighted by Crippen LogP contribution is -2.23. The number of carboxylic acid groups (broad SMARTS) is 1. The van der Waals surface area contributed by atoms with E-state index in [9.17, 15) is 14.7 Å². The van der Waals surface area contributed by atoms with Gasteiger partial charge in [0, 0.05) is 0 Å². The van der Waals surface area contributed by atoms with Crippen molar-refractivity contribution in [2.45, 2.75) is 77.2 Å². The second-order valence-corrected chi connectivity index (χ2v) is 7.94. The van der Waals surface area contributed by atoms with Crippen LogP contribution in [0.25, 0.3) is 0 Å². The predicted molar refractivity (Wildman–Crippen MR) is 97.5 cm³/mol. The maximum Gasteiger partial charge on any atom is 0.309 e. The lowest BCUT2D eigenvalue weighted by molar-refractivity contribution is -0.144. The van der Waals surface area contributed by atoms with Gasteiger partial charge in [-0.3, -0.25) is 9.59 Å². The van der Waals surface area contributed by atoms with Crippen molar-refractivity contribution in [2.24, 2.45) is 5.41 Å². The molecule has 0 heterocycles. The number of carbonyl (C=O) groups is 2. The summed E-state index contributed by atoms with van der Waals surface area (Å²) in [5.74, 6) is -0.615. The van der Waals surface area contributed by atoms with Gasteiger partial charge >= 0.3 is 5.97 Å². The molecule has 1 aliphatic carbocycles. The highest BCUT2D eigenvalue weighted by atomic mass is 16.5. The number of benzene rings is 1. The van der Waals surface area contributed by atoms with Gasteiger partial charge in [-0.1, -0.05) is 30.7 Å². The molecule has 0 saturated heterocycles. The maximum atomic E-state index is 11.2. The number of hydrogen-bond acceptors (Lipinski definition) is 3. The van der Waals surface area contributed by atoms with Crippen LogP contribution in [-0.4, -0.2) is 23.1 Å². The molecule has 0 unspecified atom stereocenters. The standard InChI is InChI=1S/C21H30O4/c1-20(2,25-16-22)11-6-10-18-9-5-8-17(15-18)7-3-4-12-21(13-14-21)19(23)24/h5,8-9,15-16H,3-4,6-7,10-14H2,1-2H3,(H,23,24). The van der Waals surface area contributed by atoms with E-state index in [-0.39, 0.29) is 0 Å². The van der Waals surface area contributed by atoms with E-state index in [2.05, 4.69) is 24.3 Å². The van der Waals surface area contributed by atoms with E-state index in [4.69, 9.17) is 4.74 Å². The van der Waals surface area contributed by atoms with Gasteiger partial charge in [-0.25, -0.2) is 0 Å². The molecule has 0 spiro atoms. The molecule has 0 radical (unpaired) electrons. The van der Waals surface area contributed by atoms with Crippen LogP contribution in [0.15, 0.2) is 24.3 Å². The van der Waals surface area contributed by atoms with Crippen LogP contribution in [0, 0.1) is 5.41 Å².